The first-order valence-electron chi connectivity index (χ1n) is 7.22. The fraction of sp³-hybridized carbons (Fsp3) is 0. The largest absolute Gasteiger partial charge is 0.478 e. The van der Waals surface area contributed by atoms with Crippen molar-refractivity contribution in [3.63, 3.8) is 0 Å². The summed E-state index contributed by atoms with van der Waals surface area (Å²) in [6.45, 7) is 0. The minimum Gasteiger partial charge on any atom is -0.478 e. The van der Waals surface area contributed by atoms with Gasteiger partial charge in [0.15, 0.2) is 0 Å². The van der Waals surface area contributed by atoms with E-state index in [0.29, 0.717) is 22.4 Å². The molecule has 27 heavy (non-hydrogen) atoms. The van der Waals surface area contributed by atoms with Crippen molar-refractivity contribution in [1.82, 2.24) is 4.98 Å². The second-order valence-corrected chi connectivity index (χ2v) is 7.78. The molecule has 3 nitrogen and oxygen atoms in total. The first kappa shape index (κ1) is 20.5. The van der Waals surface area contributed by atoms with Crippen LogP contribution in [0.1, 0.15) is 10.4 Å². The number of hydrogen-bond donors (Lipinski definition) is 1. The average molecular weight is 482 g/mol. The van der Waals surface area contributed by atoms with E-state index >= 15 is 0 Å². The standard InChI is InChI=1S/C18H7Cl6NO2/c19-10-3-7(4-11(20)15(10)23)14-9(18(26)27)1-2-25-17(14)8-5-12(21)16(24)13(22)6-8/h1-6H,(H,26,27). The highest BCUT2D eigenvalue weighted by atomic mass is 35.5. The minimum absolute atomic E-state index is 0.00310. The molecule has 1 N–H and O–H groups in total. The molecule has 0 atom stereocenters. The van der Waals surface area contributed by atoms with Gasteiger partial charge in [0.05, 0.1) is 41.4 Å². The summed E-state index contributed by atoms with van der Waals surface area (Å²) in [7, 11) is 0. The number of aromatic carboxylic acids is 1. The topological polar surface area (TPSA) is 50.2 Å². The number of pyridine rings is 1. The van der Waals surface area contributed by atoms with Crippen molar-refractivity contribution in [2.75, 3.05) is 0 Å². The van der Waals surface area contributed by atoms with Gasteiger partial charge in [0, 0.05) is 17.3 Å². The second kappa shape index (κ2) is 8.04. The van der Waals surface area contributed by atoms with Crippen molar-refractivity contribution in [3.8, 4) is 22.4 Å². The van der Waals surface area contributed by atoms with E-state index in [1.807, 2.05) is 0 Å². The summed E-state index contributed by atoms with van der Waals surface area (Å²) in [5, 5.41) is 10.8. The first-order chi connectivity index (χ1) is 12.7. The lowest BCUT2D eigenvalue weighted by atomic mass is 9.94. The van der Waals surface area contributed by atoms with Crippen LogP contribution < -0.4 is 0 Å². The predicted molar refractivity (Wildman–Crippen MR) is 112 cm³/mol. The van der Waals surface area contributed by atoms with Crippen LogP contribution in [0.4, 0.5) is 0 Å². The lowest BCUT2D eigenvalue weighted by Gasteiger charge is -2.14. The average Bonchev–Trinajstić information content (AvgIpc) is 2.62. The summed E-state index contributed by atoms with van der Waals surface area (Å²) in [5.74, 6) is -1.15. The van der Waals surface area contributed by atoms with Crippen LogP contribution in [0.5, 0.6) is 0 Å². The molecule has 2 aromatic carbocycles. The Bertz CT molecular complexity index is 1040. The van der Waals surface area contributed by atoms with Crippen LogP contribution in [0.3, 0.4) is 0 Å². The number of halogens is 6. The zero-order chi connectivity index (χ0) is 19.9. The summed E-state index contributed by atoms with van der Waals surface area (Å²) in [5.41, 5.74) is 1.52. The van der Waals surface area contributed by atoms with E-state index in [9.17, 15) is 9.90 Å². The van der Waals surface area contributed by atoms with Gasteiger partial charge < -0.3 is 5.11 Å². The minimum atomic E-state index is -1.15. The maximum Gasteiger partial charge on any atom is 0.336 e. The van der Waals surface area contributed by atoms with Gasteiger partial charge in [-0.05, 0) is 35.9 Å². The highest BCUT2D eigenvalue weighted by molar-refractivity contribution is 6.49. The first-order valence-corrected chi connectivity index (χ1v) is 9.49. The molecular formula is C18H7Cl6NO2. The van der Waals surface area contributed by atoms with Gasteiger partial charge in [0.25, 0.3) is 0 Å². The quantitative estimate of drug-likeness (QED) is 0.385. The number of benzene rings is 2. The Labute approximate surface area is 184 Å². The van der Waals surface area contributed by atoms with Crippen molar-refractivity contribution >= 4 is 75.6 Å². The molecule has 0 spiro atoms. The van der Waals surface area contributed by atoms with Crippen molar-refractivity contribution in [3.05, 3.63) is 72.2 Å². The third kappa shape index (κ3) is 4.00. The Morgan fingerprint density at radius 1 is 0.778 bits per heavy atom. The van der Waals surface area contributed by atoms with Crippen molar-refractivity contribution in [2.45, 2.75) is 0 Å². The third-order valence-electron chi connectivity index (χ3n) is 3.71. The maximum atomic E-state index is 11.8. The fourth-order valence-corrected chi connectivity index (χ4v) is 3.74. The number of nitrogens with zero attached hydrogens (tertiary/aromatic N) is 1. The molecule has 1 heterocycles. The van der Waals surface area contributed by atoms with Crippen LogP contribution in [-0.2, 0) is 0 Å². The molecule has 0 aliphatic carbocycles. The van der Waals surface area contributed by atoms with Crippen LogP contribution in [0.2, 0.25) is 30.1 Å². The number of carboxylic acids is 1. The van der Waals surface area contributed by atoms with E-state index in [0.717, 1.165) is 0 Å². The number of carboxylic acid groups (broad SMARTS) is 1. The third-order valence-corrected chi connectivity index (χ3v) is 6.10. The molecule has 0 radical (unpaired) electrons. The number of hydrogen-bond acceptors (Lipinski definition) is 2. The Balaban J connectivity index is 2.38. The molecule has 138 valence electrons. The summed E-state index contributed by atoms with van der Waals surface area (Å²) in [4.78, 5) is 16.1. The highest BCUT2D eigenvalue weighted by Crippen LogP contribution is 2.42. The summed E-state index contributed by atoms with van der Waals surface area (Å²) in [6.07, 6.45) is 1.37. The number of aromatic nitrogens is 1. The normalized spacial score (nSPS) is 10.9. The van der Waals surface area contributed by atoms with E-state index in [1.54, 1.807) is 12.1 Å². The van der Waals surface area contributed by atoms with E-state index in [-0.39, 0.29) is 35.7 Å². The molecular weight excluding hydrogens is 475 g/mol. The lowest BCUT2D eigenvalue weighted by molar-refractivity contribution is 0.0697. The van der Waals surface area contributed by atoms with Crippen molar-refractivity contribution in [2.24, 2.45) is 0 Å². The van der Waals surface area contributed by atoms with Crippen molar-refractivity contribution < 1.29 is 9.90 Å². The molecule has 3 aromatic rings. The predicted octanol–water partition coefficient (Wildman–Crippen LogP) is 8.03. The second-order valence-electron chi connectivity index (χ2n) is 5.40. The molecule has 9 heteroatoms. The van der Waals surface area contributed by atoms with E-state index in [1.165, 1.54) is 24.4 Å². The smallest absolute Gasteiger partial charge is 0.336 e. The highest BCUT2D eigenvalue weighted by Gasteiger charge is 2.21. The van der Waals surface area contributed by atoms with Gasteiger partial charge in [-0.1, -0.05) is 69.6 Å². The lowest BCUT2D eigenvalue weighted by Crippen LogP contribution is -2.03. The van der Waals surface area contributed by atoms with Crippen LogP contribution >= 0.6 is 69.6 Å². The van der Waals surface area contributed by atoms with Gasteiger partial charge in [0.2, 0.25) is 0 Å². The Kier molecular flexibility index (Phi) is 6.11. The molecule has 0 bridgehead atoms. The molecule has 0 unspecified atom stereocenters. The molecule has 3 rings (SSSR count). The molecule has 0 aliphatic rings. The summed E-state index contributed by atoms with van der Waals surface area (Å²) < 4.78 is 0. The molecule has 0 saturated carbocycles. The van der Waals surface area contributed by atoms with Crippen LogP contribution in [-0.4, -0.2) is 16.1 Å². The van der Waals surface area contributed by atoms with Crippen LogP contribution in [0.15, 0.2) is 36.5 Å². The molecule has 0 aliphatic heterocycles. The van der Waals surface area contributed by atoms with E-state index in [4.69, 9.17) is 69.6 Å². The molecule has 0 saturated heterocycles. The van der Waals surface area contributed by atoms with Gasteiger partial charge in [-0.25, -0.2) is 4.79 Å². The van der Waals surface area contributed by atoms with Gasteiger partial charge in [-0.2, -0.15) is 0 Å². The zero-order valence-electron chi connectivity index (χ0n) is 13.0. The van der Waals surface area contributed by atoms with Crippen LogP contribution in [0, 0.1) is 0 Å². The fourth-order valence-electron chi connectivity index (χ4n) is 2.54. The van der Waals surface area contributed by atoms with Gasteiger partial charge in [-0.3, -0.25) is 4.98 Å². The summed E-state index contributed by atoms with van der Waals surface area (Å²) >= 11 is 36.5. The summed E-state index contributed by atoms with van der Waals surface area (Å²) in [6, 6.07) is 7.50. The number of rotatable bonds is 3. The molecule has 0 fully saturated rings. The number of carbonyl (C=O) groups is 1. The Hall–Kier alpha value is -1.20. The Morgan fingerprint density at radius 3 is 1.67 bits per heavy atom. The van der Waals surface area contributed by atoms with Gasteiger partial charge in [-0.15, -0.1) is 0 Å². The SMILES string of the molecule is O=C(O)c1ccnc(-c2cc(Cl)c(Cl)c(Cl)c2)c1-c1cc(Cl)c(Cl)c(Cl)c1. The van der Waals surface area contributed by atoms with Gasteiger partial charge >= 0.3 is 5.97 Å². The van der Waals surface area contributed by atoms with Crippen LogP contribution in [0.25, 0.3) is 22.4 Å². The molecule has 0 amide bonds. The molecule has 1 aromatic heterocycles. The van der Waals surface area contributed by atoms with E-state index in [2.05, 4.69) is 4.98 Å². The van der Waals surface area contributed by atoms with Crippen molar-refractivity contribution in [1.29, 1.82) is 0 Å². The van der Waals surface area contributed by atoms with Gasteiger partial charge in [0.1, 0.15) is 0 Å². The maximum absolute atomic E-state index is 11.8. The Morgan fingerprint density at radius 2 is 1.22 bits per heavy atom. The van der Waals surface area contributed by atoms with E-state index < -0.39 is 5.97 Å². The monoisotopic (exact) mass is 479 g/mol. The zero-order valence-corrected chi connectivity index (χ0v) is 17.6.